The number of amidine groups is 1. The monoisotopic (exact) mass is 424 g/mol. The van der Waals surface area contributed by atoms with E-state index in [9.17, 15) is 4.39 Å². The Hall–Kier alpha value is -3.19. The standard InChI is InChI=1S/C22H18ClFN4O2/c1-12-3-2-7-26-16(12)10-13-4-5-17-14(9-13)22(6-8-29-21(25)28-22)15-11-18(23)27-20(24)19(15)30-17/h2-5,7,9,11H,6,8,10H2,1H3,(H2,25,28)/t22-/m0/s1. The number of pyridine rings is 2. The van der Waals surface area contributed by atoms with E-state index in [2.05, 4.69) is 15.0 Å². The molecule has 1 aromatic carbocycles. The summed E-state index contributed by atoms with van der Waals surface area (Å²) in [4.78, 5) is 12.8. The molecule has 0 bridgehead atoms. The molecule has 1 atom stereocenters. The van der Waals surface area contributed by atoms with E-state index >= 15 is 0 Å². The zero-order chi connectivity index (χ0) is 20.9. The molecule has 0 unspecified atom stereocenters. The van der Waals surface area contributed by atoms with Crippen LogP contribution in [0.2, 0.25) is 5.15 Å². The van der Waals surface area contributed by atoms with E-state index in [0.717, 1.165) is 22.4 Å². The van der Waals surface area contributed by atoms with Gasteiger partial charge in [-0.15, -0.1) is 0 Å². The number of benzene rings is 1. The van der Waals surface area contributed by atoms with Gasteiger partial charge in [-0.1, -0.05) is 23.7 Å². The molecule has 2 aliphatic heterocycles. The first kappa shape index (κ1) is 18.8. The molecule has 152 valence electrons. The highest BCUT2D eigenvalue weighted by molar-refractivity contribution is 6.29. The third-order valence-corrected chi connectivity index (χ3v) is 5.75. The number of nitrogens with two attached hydrogens (primary N) is 1. The van der Waals surface area contributed by atoms with Gasteiger partial charge in [-0.05, 0) is 42.3 Å². The highest BCUT2D eigenvalue weighted by Crippen LogP contribution is 2.53. The van der Waals surface area contributed by atoms with E-state index in [4.69, 9.17) is 26.8 Å². The van der Waals surface area contributed by atoms with Gasteiger partial charge in [0.1, 0.15) is 16.4 Å². The van der Waals surface area contributed by atoms with Crippen LogP contribution < -0.4 is 10.5 Å². The molecule has 0 amide bonds. The lowest BCUT2D eigenvalue weighted by Gasteiger charge is -2.39. The summed E-state index contributed by atoms with van der Waals surface area (Å²) in [5, 5.41) is 0.0261. The number of ether oxygens (including phenoxy) is 2. The van der Waals surface area contributed by atoms with Crippen molar-refractivity contribution < 1.29 is 13.9 Å². The molecule has 3 aromatic rings. The lowest BCUT2D eigenvalue weighted by atomic mass is 9.77. The van der Waals surface area contributed by atoms with Crippen molar-refractivity contribution in [1.29, 1.82) is 0 Å². The molecular formula is C22H18ClFN4O2. The van der Waals surface area contributed by atoms with Crippen LogP contribution in [0.3, 0.4) is 0 Å². The quantitative estimate of drug-likeness (QED) is 0.622. The molecule has 0 aliphatic carbocycles. The summed E-state index contributed by atoms with van der Waals surface area (Å²) in [6.45, 7) is 2.36. The number of fused-ring (bicyclic) bond motifs is 4. The summed E-state index contributed by atoms with van der Waals surface area (Å²) in [6, 6.07) is 11.4. The number of aryl methyl sites for hydroxylation is 1. The number of aliphatic imine (C=N–C) groups is 1. The van der Waals surface area contributed by atoms with E-state index in [1.54, 1.807) is 12.3 Å². The maximum atomic E-state index is 14.6. The fourth-order valence-corrected chi connectivity index (χ4v) is 4.28. The molecule has 0 fully saturated rings. The third kappa shape index (κ3) is 2.97. The maximum absolute atomic E-state index is 14.6. The predicted molar refractivity (Wildman–Crippen MR) is 110 cm³/mol. The first-order chi connectivity index (χ1) is 14.5. The molecule has 0 saturated heterocycles. The van der Waals surface area contributed by atoms with Gasteiger partial charge in [-0.2, -0.15) is 4.39 Å². The number of rotatable bonds is 2. The first-order valence-corrected chi connectivity index (χ1v) is 9.90. The van der Waals surface area contributed by atoms with E-state index in [0.29, 0.717) is 30.8 Å². The third-order valence-electron chi connectivity index (χ3n) is 5.55. The van der Waals surface area contributed by atoms with Crippen molar-refractivity contribution in [2.45, 2.75) is 25.3 Å². The highest BCUT2D eigenvalue weighted by Gasteiger charge is 2.46. The molecule has 1 spiro atoms. The van der Waals surface area contributed by atoms with Gasteiger partial charge in [-0.3, -0.25) is 4.98 Å². The molecule has 4 heterocycles. The Morgan fingerprint density at radius 2 is 2.10 bits per heavy atom. The predicted octanol–water partition coefficient (Wildman–Crippen LogP) is 4.25. The van der Waals surface area contributed by atoms with Crippen LogP contribution in [0.4, 0.5) is 4.39 Å². The minimum Gasteiger partial charge on any atom is -0.465 e. The number of halogens is 2. The van der Waals surface area contributed by atoms with Crippen molar-refractivity contribution in [2.24, 2.45) is 10.7 Å². The Morgan fingerprint density at radius 1 is 1.23 bits per heavy atom. The maximum Gasteiger partial charge on any atom is 0.283 e. The number of hydrogen-bond acceptors (Lipinski definition) is 6. The van der Waals surface area contributed by atoms with E-state index < -0.39 is 11.5 Å². The summed E-state index contributed by atoms with van der Waals surface area (Å²) in [5.41, 5.74) is 9.38. The summed E-state index contributed by atoms with van der Waals surface area (Å²) in [7, 11) is 0. The SMILES string of the molecule is Cc1cccnc1Cc1ccc2c(c1)[C@@]1(CCOC(N)=N1)c1cc(Cl)nc(F)c1O2. The normalized spacial score (nSPS) is 19.4. The molecule has 8 heteroatoms. The molecule has 2 aromatic heterocycles. The van der Waals surface area contributed by atoms with Gasteiger partial charge in [0.2, 0.25) is 0 Å². The zero-order valence-corrected chi connectivity index (χ0v) is 16.9. The van der Waals surface area contributed by atoms with Crippen LogP contribution in [-0.2, 0) is 16.7 Å². The van der Waals surface area contributed by atoms with Crippen LogP contribution in [-0.4, -0.2) is 22.6 Å². The summed E-state index contributed by atoms with van der Waals surface area (Å²) < 4.78 is 25.9. The largest absolute Gasteiger partial charge is 0.465 e. The average molecular weight is 425 g/mol. The van der Waals surface area contributed by atoms with Gasteiger partial charge in [-0.25, -0.2) is 9.98 Å². The van der Waals surface area contributed by atoms with Crippen molar-refractivity contribution in [1.82, 2.24) is 9.97 Å². The second-order valence-electron chi connectivity index (χ2n) is 7.40. The van der Waals surface area contributed by atoms with Gasteiger partial charge in [0.25, 0.3) is 12.0 Å². The smallest absolute Gasteiger partial charge is 0.283 e. The summed E-state index contributed by atoms with van der Waals surface area (Å²) >= 11 is 6.08. The van der Waals surface area contributed by atoms with Crippen molar-refractivity contribution in [3.05, 3.63) is 81.6 Å². The lowest BCUT2D eigenvalue weighted by Crippen LogP contribution is -2.39. The van der Waals surface area contributed by atoms with Gasteiger partial charge >= 0.3 is 0 Å². The summed E-state index contributed by atoms with van der Waals surface area (Å²) in [6.07, 6.45) is 2.88. The van der Waals surface area contributed by atoms with Crippen LogP contribution in [0.15, 0.2) is 47.6 Å². The number of hydrogen-bond donors (Lipinski definition) is 1. The molecule has 6 nitrogen and oxygen atoms in total. The topological polar surface area (TPSA) is 82.6 Å². The van der Waals surface area contributed by atoms with Crippen LogP contribution in [0, 0.1) is 12.9 Å². The molecule has 0 radical (unpaired) electrons. The van der Waals surface area contributed by atoms with Crippen molar-refractivity contribution in [2.75, 3.05) is 6.61 Å². The molecule has 2 aliphatic rings. The number of nitrogens with zero attached hydrogens (tertiary/aromatic N) is 3. The Morgan fingerprint density at radius 3 is 2.90 bits per heavy atom. The minimum atomic E-state index is -0.964. The molecule has 5 rings (SSSR count). The van der Waals surface area contributed by atoms with Gasteiger partial charge in [0.05, 0.1) is 6.61 Å². The highest BCUT2D eigenvalue weighted by atomic mass is 35.5. The number of aromatic nitrogens is 2. The Kier molecular flexibility index (Phi) is 4.36. The van der Waals surface area contributed by atoms with E-state index in [-0.39, 0.29) is 16.9 Å². The lowest BCUT2D eigenvalue weighted by molar-refractivity contribution is 0.217. The first-order valence-electron chi connectivity index (χ1n) is 9.53. The van der Waals surface area contributed by atoms with Crippen molar-refractivity contribution >= 4 is 17.6 Å². The van der Waals surface area contributed by atoms with Crippen molar-refractivity contribution in [3.63, 3.8) is 0 Å². The zero-order valence-electron chi connectivity index (χ0n) is 16.2. The van der Waals surface area contributed by atoms with Crippen molar-refractivity contribution in [3.8, 4) is 11.5 Å². The van der Waals surface area contributed by atoms with Crippen LogP contribution in [0.5, 0.6) is 11.5 Å². The van der Waals surface area contributed by atoms with E-state index in [1.807, 2.05) is 37.3 Å². The average Bonchev–Trinajstić information content (AvgIpc) is 2.71. The second kappa shape index (κ2) is 6.95. The fourth-order valence-electron chi connectivity index (χ4n) is 4.10. The van der Waals surface area contributed by atoms with Gasteiger partial charge < -0.3 is 15.2 Å². The summed E-state index contributed by atoms with van der Waals surface area (Å²) in [5.74, 6) is -0.264. The molecule has 30 heavy (non-hydrogen) atoms. The van der Waals surface area contributed by atoms with Gasteiger partial charge in [0.15, 0.2) is 5.75 Å². The van der Waals surface area contributed by atoms with Crippen LogP contribution in [0.25, 0.3) is 0 Å². The molecular weight excluding hydrogens is 407 g/mol. The van der Waals surface area contributed by atoms with Crippen LogP contribution >= 0.6 is 11.6 Å². The van der Waals surface area contributed by atoms with E-state index in [1.165, 1.54) is 0 Å². The Bertz CT molecular complexity index is 1200. The fraction of sp³-hybridized carbons (Fsp3) is 0.227. The molecule has 0 saturated carbocycles. The van der Waals surface area contributed by atoms with Crippen LogP contribution in [0.1, 0.15) is 34.4 Å². The Balaban J connectivity index is 1.69. The minimum absolute atomic E-state index is 0.0127. The molecule has 2 N–H and O–H groups in total. The van der Waals surface area contributed by atoms with Gasteiger partial charge in [0, 0.05) is 35.9 Å². The second-order valence-corrected chi connectivity index (χ2v) is 7.78. The Labute approximate surface area is 177 Å².